The van der Waals surface area contributed by atoms with Crippen molar-refractivity contribution >= 4 is 23.5 Å². The van der Waals surface area contributed by atoms with E-state index in [2.05, 4.69) is 9.62 Å². The van der Waals surface area contributed by atoms with Gasteiger partial charge in [-0.1, -0.05) is 24.3 Å². The number of amides is 1. The van der Waals surface area contributed by atoms with Gasteiger partial charge in [0.1, 0.15) is 5.75 Å². The minimum atomic E-state index is 0.0148. The van der Waals surface area contributed by atoms with Gasteiger partial charge in [-0.05, 0) is 41.8 Å². The Morgan fingerprint density at radius 1 is 1.19 bits per heavy atom. The molecule has 1 amide bonds. The van der Waals surface area contributed by atoms with Crippen LogP contribution in [0.3, 0.4) is 0 Å². The highest BCUT2D eigenvalue weighted by atomic mass is 32.2. The van der Waals surface area contributed by atoms with Crippen molar-refractivity contribution in [3.63, 3.8) is 0 Å². The fraction of sp³-hybridized carbons (Fsp3) is 0.188. The number of benzene rings is 2. The average Bonchev–Trinajstić information content (AvgIpc) is 2.65. The van der Waals surface area contributed by atoms with Crippen LogP contribution in [0.1, 0.15) is 5.56 Å². The van der Waals surface area contributed by atoms with E-state index in [1.165, 1.54) is 0 Å². The smallest absolute Gasteiger partial charge is 0.239 e. The highest BCUT2D eigenvalue weighted by molar-refractivity contribution is 7.97. The third-order valence-corrected chi connectivity index (χ3v) is 4.30. The topological polar surface area (TPSA) is 41.6 Å². The summed E-state index contributed by atoms with van der Waals surface area (Å²) in [6.07, 6.45) is 0. The first-order chi connectivity index (χ1) is 10.2. The van der Waals surface area contributed by atoms with Crippen LogP contribution in [0.4, 0.5) is 5.69 Å². The fourth-order valence-corrected chi connectivity index (χ4v) is 3.22. The summed E-state index contributed by atoms with van der Waals surface area (Å²) >= 11 is 1.61. The summed E-state index contributed by atoms with van der Waals surface area (Å²) in [5.74, 6) is 0.853. The van der Waals surface area contributed by atoms with E-state index in [0.29, 0.717) is 13.1 Å². The molecule has 1 aliphatic heterocycles. The summed E-state index contributed by atoms with van der Waals surface area (Å²) in [5.41, 5.74) is 2.03. The standard InChI is InChI=1S/C16H16N2O2S/c1-20-13-8-6-12(7-9-13)10-18-11-16(19)17-14-4-2-3-5-15(14)21-18/h2-9H,10-11H2,1H3,(H,17,19). The minimum absolute atomic E-state index is 0.0148. The van der Waals surface area contributed by atoms with Crippen molar-refractivity contribution in [3.05, 3.63) is 54.1 Å². The van der Waals surface area contributed by atoms with Crippen LogP contribution in [0, 0.1) is 0 Å². The molecule has 0 radical (unpaired) electrons. The maximum atomic E-state index is 12.0. The zero-order valence-corrected chi connectivity index (χ0v) is 12.5. The van der Waals surface area contributed by atoms with Crippen LogP contribution < -0.4 is 10.1 Å². The SMILES string of the molecule is COc1ccc(CN2CC(=O)Nc3ccccc3S2)cc1. The Morgan fingerprint density at radius 2 is 1.95 bits per heavy atom. The normalized spacial score (nSPS) is 15.0. The molecule has 4 nitrogen and oxygen atoms in total. The third kappa shape index (κ3) is 3.37. The van der Waals surface area contributed by atoms with Crippen molar-refractivity contribution < 1.29 is 9.53 Å². The van der Waals surface area contributed by atoms with Crippen molar-refractivity contribution in [1.29, 1.82) is 0 Å². The van der Waals surface area contributed by atoms with Gasteiger partial charge in [0.15, 0.2) is 0 Å². The van der Waals surface area contributed by atoms with Crippen molar-refractivity contribution in [2.75, 3.05) is 19.0 Å². The molecular formula is C16H16N2O2S. The maximum absolute atomic E-state index is 12.0. The quantitative estimate of drug-likeness (QED) is 0.884. The van der Waals surface area contributed by atoms with Gasteiger partial charge in [-0.2, -0.15) is 0 Å². The number of hydrogen-bond acceptors (Lipinski definition) is 4. The van der Waals surface area contributed by atoms with E-state index in [-0.39, 0.29) is 5.91 Å². The molecule has 0 fully saturated rings. The molecule has 5 heteroatoms. The Hall–Kier alpha value is -1.98. The van der Waals surface area contributed by atoms with Gasteiger partial charge in [0.25, 0.3) is 0 Å². The van der Waals surface area contributed by atoms with Crippen LogP contribution in [-0.4, -0.2) is 23.9 Å². The summed E-state index contributed by atoms with van der Waals surface area (Å²) in [6, 6.07) is 15.8. The summed E-state index contributed by atoms with van der Waals surface area (Å²) in [7, 11) is 1.65. The summed E-state index contributed by atoms with van der Waals surface area (Å²) in [4.78, 5) is 13.0. The molecule has 0 aliphatic carbocycles. The van der Waals surface area contributed by atoms with Crippen LogP contribution in [0.5, 0.6) is 5.75 Å². The summed E-state index contributed by atoms with van der Waals surface area (Å²) < 4.78 is 7.22. The molecule has 2 aromatic rings. The van der Waals surface area contributed by atoms with Gasteiger partial charge >= 0.3 is 0 Å². The number of nitrogens with zero attached hydrogens (tertiary/aromatic N) is 1. The largest absolute Gasteiger partial charge is 0.497 e. The Kier molecular flexibility index (Phi) is 4.13. The van der Waals surface area contributed by atoms with Crippen molar-refractivity contribution in [2.24, 2.45) is 0 Å². The monoisotopic (exact) mass is 300 g/mol. The number of carbonyl (C=O) groups is 1. The first kappa shape index (κ1) is 14.0. The Morgan fingerprint density at radius 3 is 2.71 bits per heavy atom. The molecule has 0 saturated heterocycles. The molecule has 0 unspecified atom stereocenters. The second-order valence-corrected chi connectivity index (χ2v) is 5.92. The summed E-state index contributed by atoms with van der Waals surface area (Å²) in [6.45, 7) is 1.07. The van der Waals surface area contributed by atoms with Gasteiger partial charge in [-0.15, -0.1) is 0 Å². The van der Waals surface area contributed by atoms with E-state index in [4.69, 9.17) is 4.74 Å². The molecule has 21 heavy (non-hydrogen) atoms. The number of hydrogen-bond donors (Lipinski definition) is 1. The minimum Gasteiger partial charge on any atom is -0.497 e. The second-order valence-electron chi connectivity index (χ2n) is 4.78. The molecule has 2 aromatic carbocycles. The van der Waals surface area contributed by atoms with Gasteiger partial charge in [-0.25, -0.2) is 4.31 Å². The van der Waals surface area contributed by atoms with E-state index in [0.717, 1.165) is 21.9 Å². The van der Waals surface area contributed by atoms with E-state index in [9.17, 15) is 4.79 Å². The van der Waals surface area contributed by atoms with Gasteiger partial charge < -0.3 is 10.1 Å². The number of ether oxygens (including phenoxy) is 1. The molecule has 1 aliphatic rings. The van der Waals surface area contributed by atoms with Crippen LogP contribution in [0.25, 0.3) is 0 Å². The maximum Gasteiger partial charge on any atom is 0.239 e. The van der Waals surface area contributed by atoms with Gasteiger partial charge in [0.2, 0.25) is 5.91 Å². The van der Waals surface area contributed by atoms with Crippen molar-refractivity contribution in [3.8, 4) is 5.75 Å². The Labute approximate surface area is 128 Å². The zero-order chi connectivity index (χ0) is 14.7. The molecule has 0 atom stereocenters. The molecule has 0 aromatic heterocycles. The highest BCUT2D eigenvalue weighted by Crippen LogP contribution is 2.33. The predicted octanol–water partition coefficient (Wildman–Crippen LogP) is 3.16. The summed E-state index contributed by atoms with van der Waals surface area (Å²) in [5, 5.41) is 2.93. The number of para-hydroxylation sites is 1. The van der Waals surface area contributed by atoms with Crippen LogP contribution in [0.2, 0.25) is 0 Å². The highest BCUT2D eigenvalue weighted by Gasteiger charge is 2.19. The van der Waals surface area contributed by atoms with Gasteiger partial charge in [-0.3, -0.25) is 4.79 Å². The Balaban J connectivity index is 1.77. The van der Waals surface area contributed by atoms with Crippen molar-refractivity contribution in [1.82, 2.24) is 4.31 Å². The lowest BCUT2D eigenvalue weighted by Gasteiger charge is -2.17. The first-order valence-corrected chi connectivity index (χ1v) is 7.46. The molecule has 0 saturated carbocycles. The van der Waals surface area contributed by atoms with E-state index >= 15 is 0 Å². The fourth-order valence-electron chi connectivity index (χ4n) is 2.19. The van der Waals surface area contributed by atoms with E-state index < -0.39 is 0 Å². The molecular weight excluding hydrogens is 284 g/mol. The number of fused-ring (bicyclic) bond motifs is 1. The van der Waals surface area contributed by atoms with E-state index in [1.807, 2.05) is 48.5 Å². The molecule has 1 heterocycles. The Bertz CT molecular complexity index is 643. The number of anilines is 1. The van der Waals surface area contributed by atoms with E-state index in [1.54, 1.807) is 19.1 Å². The average molecular weight is 300 g/mol. The number of methoxy groups -OCH3 is 1. The molecule has 0 bridgehead atoms. The molecule has 1 N–H and O–H groups in total. The van der Waals surface area contributed by atoms with Crippen molar-refractivity contribution in [2.45, 2.75) is 11.4 Å². The van der Waals surface area contributed by atoms with Gasteiger partial charge in [0, 0.05) is 11.4 Å². The first-order valence-electron chi connectivity index (χ1n) is 6.69. The lowest BCUT2D eigenvalue weighted by atomic mass is 10.2. The molecule has 108 valence electrons. The lowest BCUT2D eigenvalue weighted by molar-refractivity contribution is -0.116. The van der Waals surface area contributed by atoms with Gasteiger partial charge in [0.05, 0.1) is 19.3 Å². The second kappa shape index (κ2) is 6.20. The number of rotatable bonds is 3. The predicted molar refractivity (Wildman–Crippen MR) is 84.3 cm³/mol. The molecule has 0 spiro atoms. The van der Waals surface area contributed by atoms with Crippen LogP contribution in [0.15, 0.2) is 53.4 Å². The van der Waals surface area contributed by atoms with Crippen LogP contribution >= 0.6 is 11.9 Å². The van der Waals surface area contributed by atoms with Crippen LogP contribution in [-0.2, 0) is 11.3 Å². The third-order valence-electron chi connectivity index (χ3n) is 3.23. The zero-order valence-electron chi connectivity index (χ0n) is 11.7. The lowest BCUT2D eigenvalue weighted by Crippen LogP contribution is -2.25. The number of carbonyl (C=O) groups excluding carboxylic acids is 1. The molecule has 3 rings (SSSR count). The number of nitrogens with one attached hydrogen (secondary N) is 1.